The van der Waals surface area contributed by atoms with Crippen LogP contribution in [0.5, 0.6) is 0 Å². The van der Waals surface area contributed by atoms with E-state index >= 15 is 0 Å². The van der Waals surface area contributed by atoms with Crippen molar-refractivity contribution < 1.29 is 14.3 Å². The van der Waals surface area contributed by atoms with Gasteiger partial charge < -0.3 is 10.1 Å². The molecule has 0 radical (unpaired) electrons. The van der Waals surface area contributed by atoms with Crippen LogP contribution < -0.4 is 5.32 Å². The number of amides is 1. The first-order valence-corrected chi connectivity index (χ1v) is 8.60. The van der Waals surface area contributed by atoms with Crippen LogP contribution in [0.15, 0.2) is 48.5 Å². The van der Waals surface area contributed by atoms with Crippen molar-refractivity contribution in [3.8, 4) is 0 Å². The summed E-state index contributed by atoms with van der Waals surface area (Å²) < 4.78 is 5.20. The van der Waals surface area contributed by atoms with Crippen LogP contribution in [0.4, 0.5) is 5.69 Å². The van der Waals surface area contributed by atoms with Gasteiger partial charge in [-0.05, 0) is 41.8 Å². The van der Waals surface area contributed by atoms with Gasteiger partial charge in [0.15, 0.2) is 6.61 Å². The minimum absolute atomic E-state index is 0.0182. The standard InChI is InChI=1S/C19H19Cl2NO3/c1-12(2)18(13-6-8-14(20)9-7-13)19(24)25-11-17(23)22-16-5-3-4-15(21)10-16/h3-10,12,18H,11H2,1-2H3,(H,22,23)/t18-/m0/s1. The van der Waals surface area contributed by atoms with E-state index in [9.17, 15) is 9.59 Å². The molecule has 2 rings (SSSR count). The number of esters is 1. The van der Waals surface area contributed by atoms with Crippen molar-refractivity contribution in [3.05, 3.63) is 64.1 Å². The molecule has 2 aromatic rings. The van der Waals surface area contributed by atoms with Crippen LogP contribution in [0.25, 0.3) is 0 Å². The molecule has 0 aromatic heterocycles. The van der Waals surface area contributed by atoms with Crippen LogP contribution in [0.3, 0.4) is 0 Å². The van der Waals surface area contributed by atoms with E-state index < -0.39 is 17.8 Å². The molecule has 0 unspecified atom stereocenters. The number of rotatable bonds is 6. The van der Waals surface area contributed by atoms with E-state index in [1.807, 2.05) is 13.8 Å². The molecule has 1 atom stereocenters. The summed E-state index contributed by atoms with van der Waals surface area (Å²) in [4.78, 5) is 24.4. The topological polar surface area (TPSA) is 55.4 Å². The minimum Gasteiger partial charge on any atom is -0.455 e. The highest BCUT2D eigenvalue weighted by molar-refractivity contribution is 6.31. The summed E-state index contributed by atoms with van der Waals surface area (Å²) in [5.74, 6) is -1.31. The Balaban J connectivity index is 1.96. The second-order valence-corrected chi connectivity index (χ2v) is 6.81. The summed E-state index contributed by atoms with van der Waals surface area (Å²) in [6.45, 7) is 3.49. The van der Waals surface area contributed by atoms with Crippen molar-refractivity contribution in [1.29, 1.82) is 0 Å². The van der Waals surface area contributed by atoms with Gasteiger partial charge in [0.2, 0.25) is 0 Å². The summed E-state index contributed by atoms with van der Waals surface area (Å²) in [6, 6.07) is 13.8. The van der Waals surface area contributed by atoms with Gasteiger partial charge in [0.05, 0.1) is 5.92 Å². The molecule has 0 fully saturated rings. The average Bonchev–Trinajstić information content (AvgIpc) is 2.55. The second-order valence-electron chi connectivity index (χ2n) is 5.94. The Morgan fingerprint density at radius 2 is 1.72 bits per heavy atom. The number of ether oxygens (including phenoxy) is 1. The van der Waals surface area contributed by atoms with E-state index in [4.69, 9.17) is 27.9 Å². The number of halogens is 2. The van der Waals surface area contributed by atoms with Crippen molar-refractivity contribution in [2.45, 2.75) is 19.8 Å². The van der Waals surface area contributed by atoms with E-state index in [-0.39, 0.29) is 12.5 Å². The summed E-state index contributed by atoms with van der Waals surface area (Å²) in [5.41, 5.74) is 1.35. The SMILES string of the molecule is CC(C)[C@H](C(=O)OCC(=O)Nc1cccc(Cl)c1)c1ccc(Cl)cc1. The zero-order chi connectivity index (χ0) is 18.4. The van der Waals surface area contributed by atoms with E-state index in [0.29, 0.717) is 15.7 Å². The zero-order valence-electron chi connectivity index (χ0n) is 14.0. The number of anilines is 1. The van der Waals surface area contributed by atoms with Gasteiger partial charge in [0, 0.05) is 15.7 Å². The van der Waals surface area contributed by atoms with E-state index in [1.165, 1.54) is 0 Å². The molecule has 0 saturated heterocycles. The summed E-state index contributed by atoms with van der Waals surface area (Å²) in [5, 5.41) is 3.74. The maximum absolute atomic E-state index is 12.4. The van der Waals surface area contributed by atoms with Crippen LogP contribution in [0, 0.1) is 5.92 Å². The van der Waals surface area contributed by atoms with Crippen LogP contribution in [-0.4, -0.2) is 18.5 Å². The molecule has 0 aliphatic rings. The lowest BCUT2D eigenvalue weighted by molar-refractivity contribution is -0.149. The molecular weight excluding hydrogens is 361 g/mol. The summed E-state index contributed by atoms with van der Waals surface area (Å²) in [7, 11) is 0. The fourth-order valence-corrected chi connectivity index (χ4v) is 2.77. The smallest absolute Gasteiger partial charge is 0.314 e. The molecule has 0 spiro atoms. The van der Waals surface area contributed by atoms with Gasteiger partial charge in [-0.25, -0.2) is 0 Å². The maximum Gasteiger partial charge on any atom is 0.314 e. The first kappa shape index (κ1) is 19.3. The quantitative estimate of drug-likeness (QED) is 0.724. The lowest BCUT2D eigenvalue weighted by atomic mass is 9.88. The number of hydrogen-bond donors (Lipinski definition) is 1. The largest absolute Gasteiger partial charge is 0.455 e. The van der Waals surface area contributed by atoms with Gasteiger partial charge in [-0.1, -0.05) is 55.2 Å². The average molecular weight is 380 g/mol. The van der Waals surface area contributed by atoms with Gasteiger partial charge in [-0.15, -0.1) is 0 Å². The molecule has 132 valence electrons. The van der Waals surface area contributed by atoms with Crippen molar-refractivity contribution in [2.75, 3.05) is 11.9 Å². The van der Waals surface area contributed by atoms with Gasteiger partial charge in [0.25, 0.3) is 5.91 Å². The van der Waals surface area contributed by atoms with Gasteiger partial charge in [-0.2, -0.15) is 0 Å². The fourth-order valence-electron chi connectivity index (χ4n) is 2.45. The molecule has 4 nitrogen and oxygen atoms in total. The molecule has 0 bridgehead atoms. The molecule has 0 heterocycles. The highest BCUT2D eigenvalue weighted by Gasteiger charge is 2.26. The minimum atomic E-state index is -0.462. The normalized spacial score (nSPS) is 11.9. The Labute approximate surface area is 157 Å². The number of benzene rings is 2. The predicted octanol–water partition coefficient (Wildman–Crippen LogP) is 4.91. The third kappa shape index (κ3) is 5.76. The Hall–Kier alpha value is -2.04. The number of hydrogen-bond acceptors (Lipinski definition) is 3. The van der Waals surface area contributed by atoms with E-state index in [2.05, 4.69) is 5.32 Å². The van der Waals surface area contributed by atoms with Crippen LogP contribution in [0.1, 0.15) is 25.3 Å². The maximum atomic E-state index is 12.4. The molecule has 2 aromatic carbocycles. The molecule has 0 aliphatic heterocycles. The highest BCUT2D eigenvalue weighted by atomic mass is 35.5. The van der Waals surface area contributed by atoms with Crippen molar-refractivity contribution in [2.24, 2.45) is 5.92 Å². The molecule has 1 amide bonds. The fraction of sp³-hybridized carbons (Fsp3) is 0.263. The van der Waals surface area contributed by atoms with Crippen LogP contribution in [0.2, 0.25) is 10.0 Å². The number of carbonyl (C=O) groups excluding carboxylic acids is 2. The third-order valence-electron chi connectivity index (χ3n) is 3.60. The molecule has 25 heavy (non-hydrogen) atoms. The number of nitrogens with one attached hydrogen (secondary N) is 1. The molecule has 0 saturated carbocycles. The predicted molar refractivity (Wildman–Crippen MR) is 100 cm³/mol. The van der Waals surface area contributed by atoms with Gasteiger partial charge in [-0.3, -0.25) is 9.59 Å². The lowest BCUT2D eigenvalue weighted by Gasteiger charge is -2.20. The number of carbonyl (C=O) groups is 2. The Bertz CT molecular complexity index is 745. The molecule has 1 N–H and O–H groups in total. The van der Waals surface area contributed by atoms with Crippen LogP contribution in [-0.2, 0) is 14.3 Å². The second kappa shape index (κ2) is 8.88. The molecule has 6 heteroatoms. The lowest BCUT2D eigenvalue weighted by Crippen LogP contribution is -2.26. The molecule has 0 aliphatic carbocycles. The Morgan fingerprint density at radius 1 is 1.04 bits per heavy atom. The van der Waals surface area contributed by atoms with Crippen molar-refractivity contribution in [1.82, 2.24) is 0 Å². The van der Waals surface area contributed by atoms with E-state index in [1.54, 1.807) is 48.5 Å². The Kier molecular flexibility index (Phi) is 6.85. The zero-order valence-corrected chi connectivity index (χ0v) is 15.5. The monoisotopic (exact) mass is 379 g/mol. The van der Waals surface area contributed by atoms with E-state index in [0.717, 1.165) is 5.56 Å². The van der Waals surface area contributed by atoms with Crippen molar-refractivity contribution in [3.63, 3.8) is 0 Å². The summed E-state index contributed by atoms with van der Waals surface area (Å²) >= 11 is 11.8. The summed E-state index contributed by atoms with van der Waals surface area (Å²) in [6.07, 6.45) is 0. The third-order valence-corrected chi connectivity index (χ3v) is 4.09. The highest BCUT2D eigenvalue weighted by Crippen LogP contribution is 2.27. The molecular formula is C19H19Cl2NO3. The van der Waals surface area contributed by atoms with Crippen LogP contribution >= 0.6 is 23.2 Å². The van der Waals surface area contributed by atoms with Gasteiger partial charge >= 0.3 is 5.97 Å². The first-order chi connectivity index (χ1) is 11.9. The Morgan fingerprint density at radius 3 is 2.32 bits per heavy atom. The van der Waals surface area contributed by atoms with Crippen molar-refractivity contribution >= 4 is 40.8 Å². The first-order valence-electron chi connectivity index (χ1n) is 7.84. The van der Waals surface area contributed by atoms with Gasteiger partial charge in [0.1, 0.15) is 0 Å².